The number of hydrogen-bond acceptors (Lipinski definition) is 5. The molecule has 0 radical (unpaired) electrons. The number of esters is 1. The first-order valence-corrected chi connectivity index (χ1v) is 7.59. The maximum absolute atomic E-state index is 12.4. The molecule has 0 saturated carbocycles. The topological polar surface area (TPSA) is 130 Å². The van der Waals surface area contributed by atoms with Crippen LogP contribution in [0.25, 0.3) is 0 Å². The number of rotatable bonds is 7. The molecule has 8 nitrogen and oxygen atoms in total. The number of carbonyl (C=O) groups is 4. The van der Waals surface area contributed by atoms with Crippen LogP contribution >= 0.6 is 0 Å². The molecule has 3 N–H and O–H groups in total. The maximum atomic E-state index is 12.4. The highest BCUT2D eigenvalue weighted by Gasteiger charge is 2.28. The number of amides is 1. The summed E-state index contributed by atoms with van der Waals surface area (Å²) >= 11 is 0. The Kier molecular flexibility index (Phi) is 6.67. The number of nitrogens with one attached hydrogen (secondary N) is 1. The molecule has 1 rings (SSSR count). The van der Waals surface area contributed by atoms with Crippen LogP contribution in [0.4, 0.5) is 0 Å². The zero-order chi connectivity index (χ0) is 19.2. The number of benzene rings is 1. The lowest BCUT2D eigenvalue weighted by Gasteiger charge is -2.24. The van der Waals surface area contributed by atoms with Gasteiger partial charge in [-0.2, -0.15) is 0 Å². The molecule has 0 saturated heterocycles. The molecule has 0 heterocycles. The Hall–Kier alpha value is -2.90. The predicted molar refractivity (Wildman–Crippen MR) is 87.4 cm³/mol. The van der Waals surface area contributed by atoms with Crippen LogP contribution in [0.3, 0.4) is 0 Å². The Morgan fingerprint density at radius 2 is 1.64 bits per heavy atom. The van der Waals surface area contributed by atoms with E-state index in [2.05, 4.69) is 5.32 Å². The first-order valence-electron chi connectivity index (χ1n) is 7.59. The molecule has 0 aliphatic rings. The van der Waals surface area contributed by atoms with Crippen LogP contribution in [0, 0.1) is 0 Å². The van der Waals surface area contributed by atoms with Gasteiger partial charge in [0.1, 0.15) is 11.6 Å². The third-order valence-electron chi connectivity index (χ3n) is 3.05. The quantitative estimate of drug-likeness (QED) is 0.637. The highest BCUT2D eigenvalue weighted by Crippen LogP contribution is 2.13. The molecule has 0 unspecified atom stereocenters. The van der Waals surface area contributed by atoms with Crippen molar-refractivity contribution in [2.75, 3.05) is 0 Å². The summed E-state index contributed by atoms with van der Waals surface area (Å²) in [7, 11) is 0. The van der Waals surface area contributed by atoms with E-state index in [0.717, 1.165) is 0 Å². The van der Waals surface area contributed by atoms with Crippen molar-refractivity contribution in [3.63, 3.8) is 0 Å². The van der Waals surface area contributed by atoms with Crippen molar-refractivity contribution in [3.8, 4) is 0 Å². The lowest BCUT2D eigenvalue weighted by molar-refractivity contribution is -0.157. The number of carbonyl (C=O) groups excluding carboxylic acids is 2. The summed E-state index contributed by atoms with van der Waals surface area (Å²) in [5, 5.41) is 20.3. The molecular weight excluding hydrogens is 330 g/mol. The van der Waals surface area contributed by atoms with Crippen LogP contribution in [0.15, 0.2) is 24.3 Å². The van der Waals surface area contributed by atoms with E-state index < -0.39 is 35.5 Å². The van der Waals surface area contributed by atoms with E-state index in [1.807, 2.05) is 0 Å². The highest BCUT2D eigenvalue weighted by molar-refractivity contribution is 6.05. The van der Waals surface area contributed by atoms with Gasteiger partial charge in [-0.05, 0) is 39.3 Å². The van der Waals surface area contributed by atoms with Gasteiger partial charge in [0.25, 0.3) is 5.91 Å². The molecule has 0 fully saturated rings. The van der Waals surface area contributed by atoms with Crippen molar-refractivity contribution >= 4 is 23.8 Å². The number of carboxylic acid groups (broad SMARTS) is 2. The van der Waals surface area contributed by atoms with Crippen LogP contribution in [-0.2, 0) is 14.3 Å². The highest BCUT2D eigenvalue weighted by atomic mass is 16.6. The Bertz CT molecular complexity index is 676. The molecule has 1 aromatic rings. The van der Waals surface area contributed by atoms with Gasteiger partial charge in [0.15, 0.2) is 0 Å². The summed E-state index contributed by atoms with van der Waals surface area (Å²) in [6.45, 7) is 4.92. The second-order valence-electron chi connectivity index (χ2n) is 6.34. The van der Waals surface area contributed by atoms with Crippen molar-refractivity contribution in [2.24, 2.45) is 0 Å². The standard InChI is InChI=1S/C17H21NO7/c1-17(2,3)25-16(24)12(8-9-13(19)20)18-14(21)10-6-4-5-7-11(10)15(22)23/h4-7,12H,8-9H2,1-3H3,(H,18,21)(H,19,20)(H,22,23)/t12-/m0/s1. The normalized spacial score (nSPS) is 12.1. The van der Waals surface area contributed by atoms with Crippen LogP contribution in [-0.4, -0.2) is 45.7 Å². The second-order valence-corrected chi connectivity index (χ2v) is 6.34. The van der Waals surface area contributed by atoms with Crippen molar-refractivity contribution in [1.82, 2.24) is 5.32 Å². The smallest absolute Gasteiger partial charge is 0.336 e. The van der Waals surface area contributed by atoms with Gasteiger partial charge in [-0.15, -0.1) is 0 Å². The van der Waals surface area contributed by atoms with Crippen molar-refractivity contribution in [3.05, 3.63) is 35.4 Å². The predicted octanol–water partition coefficient (Wildman–Crippen LogP) is 1.69. The van der Waals surface area contributed by atoms with Gasteiger partial charge in [-0.3, -0.25) is 9.59 Å². The first kappa shape index (κ1) is 20.1. The summed E-state index contributed by atoms with van der Waals surface area (Å²) in [6.07, 6.45) is -0.532. The Morgan fingerprint density at radius 3 is 2.12 bits per heavy atom. The number of ether oxygens (including phenoxy) is 1. The third-order valence-corrected chi connectivity index (χ3v) is 3.05. The Balaban J connectivity index is 3.00. The van der Waals surface area contributed by atoms with Gasteiger partial charge >= 0.3 is 17.9 Å². The van der Waals surface area contributed by atoms with Crippen molar-refractivity contribution in [1.29, 1.82) is 0 Å². The molecule has 136 valence electrons. The minimum Gasteiger partial charge on any atom is -0.481 e. The largest absolute Gasteiger partial charge is 0.481 e. The van der Waals surface area contributed by atoms with E-state index in [1.165, 1.54) is 24.3 Å². The van der Waals surface area contributed by atoms with Gasteiger partial charge < -0.3 is 20.3 Å². The Morgan fingerprint density at radius 1 is 1.08 bits per heavy atom. The average molecular weight is 351 g/mol. The van der Waals surface area contributed by atoms with E-state index >= 15 is 0 Å². The fourth-order valence-electron chi connectivity index (χ4n) is 1.99. The summed E-state index contributed by atoms with van der Waals surface area (Å²) in [4.78, 5) is 46.5. The van der Waals surface area contributed by atoms with E-state index in [-0.39, 0.29) is 24.0 Å². The molecular formula is C17H21NO7. The van der Waals surface area contributed by atoms with Crippen molar-refractivity contribution in [2.45, 2.75) is 45.3 Å². The molecule has 0 bridgehead atoms. The van der Waals surface area contributed by atoms with Gasteiger partial charge in [-0.1, -0.05) is 12.1 Å². The lowest BCUT2D eigenvalue weighted by atomic mass is 10.1. The van der Waals surface area contributed by atoms with Gasteiger partial charge in [0.2, 0.25) is 0 Å². The van der Waals surface area contributed by atoms with E-state index in [0.29, 0.717) is 0 Å². The average Bonchev–Trinajstić information content (AvgIpc) is 2.49. The minimum absolute atomic E-state index is 0.126. The van der Waals surface area contributed by atoms with E-state index in [4.69, 9.17) is 14.9 Å². The fourth-order valence-corrected chi connectivity index (χ4v) is 1.99. The lowest BCUT2D eigenvalue weighted by Crippen LogP contribution is -2.44. The van der Waals surface area contributed by atoms with Crippen LogP contribution in [0.5, 0.6) is 0 Å². The molecule has 0 spiro atoms. The number of aliphatic carboxylic acids is 1. The Labute approximate surface area is 144 Å². The third kappa shape index (κ3) is 6.62. The molecule has 1 aromatic carbocycles. The van der Waals surface area contributed by atoms with Crippen LogP contribution in [0.1, 0.15) is 54.3 Å². The summed E-state index contributed by atoms with van der Waals surface area (Å²) in [5.41, 5.74) is -1.16. The van der Waals surface area contributed by atoms with Crippen molar-refractivity contribution < 1.29 is 34.1 Å². The van der Waals surface area contributed by atoms with Gasteiger partial charge in [-0.25, -0.2) is 9.59 Å². The summed E-state index contributed by atoms with van der Waals surface area (Å²) in [6, 6.07) is 4.32. The zero-order valence-electron chi connectivity index (χ0n) is 14.2. The molecule has 25 heavy (non-hydrogen) atoms. The van der Waals surface area contributed by atoms with Crippen LogP contribution in [0.2, 0.25) is 0 Å². The number of aromatic carboxylic acids is 1. The summed E-state index contributed by atoms with van der Waals surface area (Å²) in [5.74, 6) is -3.99. The zero-order valence-corrected chi connectivity index (χ0v) is 14.2. The van der Waals surface area contributed by atoms with Gasteiger partial charge in [0.05, 0.1) is 11.1 Å². The summed E-state index contributed by atoms with van der Waals surface area (Å²) < 4.78 is 5.18. The van der Waals surface area contributed by atoms with Gasteiger partial charge in [0, 0.05) is 6.42 Å². The second kappa shape index (κ2) is 8.27. The molecule has 1 atom stereocenters. The first-order chi connectivity index (χ1) is 11.5. The number of carboxylic acids is 2. The SMILES string of the molecule is CC(C)(C)OC(=O)[C@H](CCC(=O)O)NC(=O)c1ccccc1C(=O)O. The minimum atomic E-state index is -1.29. The maximum Gasteiger partial charge on any atom is 0.336 e. The monoisotopic (exact) mass is 351 g/mol. The van der Waals surface area contributed by atoms with Crippen LogP contribution < -0.4 is 5.32 Å². The molecule has 0 aliphatic heterocycles. The molecule has 1 amide bonds. The van der Waals surface area contributed by atoms with E-state index in [9.17, 15) is 19.2 Å². The molecule has 8 heteroatoms. The number of hydrogen-bond donors (Lipinski definition) is 3. The molecule has 0 aromatic heterocycles. The fraction of sp³-hybridized carbons (Fsp3) is 0.412. The molecule has 0 aliphatic carbocycles. The van der Waals surface area contributed by atoms with E-state index in [1.54, 1.807) is 20.8 Å².